The van der Waals surface area contributed by atoms with Gasteiger partial charge in [0.2, 0.25) is 5.91 Å². The molecule has 2 amide bonds. The zero-order chi connectivity index (χ0) is 21.8. The van der Waals surface area contributed by atoms with Gasteiger partial charge < -0.3 is 9.80 Å². The van der Waals surface area contributed by atoms with Crippen molar-refractivity contribution >= 4 is 11.8 Å². The highest BCUT2D eigenvalue weighted by Crippen LogP contribution is 2.25. The summed E-state index contributed by atoms with van der Waals surface area (Å²) in [7, 11) is 0. The minimum absolute atomic E-state index is 0.0370. The molecule has 0 radical (unpaired) electrons. The second kappa shape index (κ2) is 9.03. The van der Waals surface area contributed by atoms with Crippen LogP contribution in [0.15, 0.2) is 48.8 Å². The Morgan fingerprint density at radius 2 is 1.94 bits per heavy atom. The van der Waals surface area contributed by atoms with E-state index < -0.39 is 11.9 Å². The Morgan fingerprint density at radius 3 is 2.65 bits per heavy atom. The first kappa shape index (κ1) is 20.6. The standard InChI is InChI=1S/C22H23FN6O2/c1-15-25-21(27-26-15)19-14-28(20(30)13-17-5-2-3-6-18(17)23)11-4-12-29(19)22(31)16-7-9-24-10-8-16/h2-3,5-10,19H,4,11-14H2,1H3,(H,25,26,27). The maximum absolute atomic E-state index is 14.0. The van der Waals surface area contributed by atoms with Crippen LogP contribution in [0.3, 0.4) is 0 Å². The van der Waals surface area contributed by atoms with Crippen LogP contribution in [0.5, 0.6) is 0 Å². The SMILES string of the molecule is Cc1nc(C2CN(C(=O)Cc3ccccc3F)CCCN2C(=O)c2ccncc2)n[nH]1. The summed E-state index contributed by atoms with van der Waals surface area (Å²) in [5, 5.41) is 7.07. The second-order valence-corrected chi connectivity index (χ2v) is 7.49. The Hall–Kier alpha value is -3.62. The Morgan fingerprint density at radius 1 is 1.16 bits per heavy atom. The van der Waals surface area contributed by atoms with Crippen molar-refractivity contribution in [1.82, 2.24) is 30.0 Å². The maximum atomic E-state index is 14.0. The average molecular weight is 422 g/mol. The molecule has 1 atom stereocenters. The minimum Gasteiger partial charge on any atom is -0.340 e. The van der Waals surface area contributed by atoms with Crippen LogP contribution in [0.2, 0.25) is 0 Å². The van der Waals surface area contributed by atoms with E-state index in [1.54, 1.807) is 59.4 Å². The van der Waals surface area contributed by atoms with E-state index in [1.807, 2.05) is 0 Å². The van der Waals surface area contributed by atoms with Crippen LogP contribution in [-0.4, -0.2) is 61.4 Å². The summed E-state index contributed by atoms with van der Waals surface area (Å²) in [5.74, 6) is 0.311. The molecule has 2 aromatic heterocycles. The van der Waals surface area contributed by atoms with Gasteiger partial charge in [-0.2, -0.15) is 5.10 Å². The van der Waals surface area contributed by atoms with E-state index in [9.17, 15) is 14.0 Å². The molecule has 1 aliphatic rings. The van der Waals surface area contributed by atoms with Crippen molar-refractivity contribution in [3.8, 4) is 0 Å². The van der Waals surface area contributed by atoms with Crippen LogP contribution in [-0.2, 0) is 11.2 Å². The molecule has 1 N–H and O–H groups in total. The Balaban J connectivity index is 1.60. The molecular formula is C22H23FN6O2. The predicted molar refractivity (Wildman–Crippen MR) is 110 cm³/mol. The number of aromatic amines is 1. The molecule has 4 rings (SSSR count). The number of nitrogens with zero attached hydrogens (tertiary/aromatic N) is 5. The average Bonchev–Trinajstić information content (AvgIpc) is 3.09. The Labute approximate surface area is 179 Å². The number of rotatable bonds is 4. The molecule has 0 spiro atoms. The van der Waals surface area contributed by atoms with Crippen molar-refractivity contribution < 1.29 is 14.0 Å². The Kier molecular flexibility index (Phi) is 6.01. The highest BCUT2D eigenvalue weighted by Gasteiger charge is 2.34. The van der Waals surface area contributed by atoms with E-state index in [0.717, 1.165) is 0 Å². The van der Waals surface area contributed by atoms with Gasteiger partial charge in [0.25, 0.3) is 5.91 Å². The van der Waals surface area contributed by atoms with Crippen molar-refractivity contribution in [3.63, 3.8) is 0 Å². The summed E-state index contributed by atoms with van der Waals surface area (Å²) in [5.41, 5.74) is 0.866. The van der Waals surface area contributed by atoms with Crippen molar-refractivity contribution in [3.05, 3.63) is 77.4 Å². The van der Waals surface area contributed by atoms with Crippen molar-refractivity contribution in [2.45, 2.75) is 25.8 Å². The van der Waals surface area contributed by atoms with Gasteiger partial charge in [0.1, 0.15) is 17.7 Å². The van der Waals surface area contributed by atoms with Crippen molar-refractivity contribution in [2.75, 3.05) is 19.6 Å². The first-order valence-corrected chi connectivity index (χ1v) is 10.1. The molecule has 3 aromatic rings. The van der Waals surface area contributed by atoms with Gasteiger partial charge >= 0.3 is 0 Å². The first-order valence-electron chi connectivity index (χ1n) is 10.1. The highest BCUT2D eigenvalue weighted by molar-refractivity contribution is 5.94. The van der Waals surface area contributed by atoms with Crippen molar-refractivity contribution in [1.29, 1.82) is 0 Å². The van der Waals surface area contributed by atoms with Gasteiger partial charge in [0, 0.05) is 37.6 Å². The number of hydrogen-bond donors (Lipinski definition) is 1. The molecule has 1 saturated heterocycles. The number of halogens is 1. The zero-order valence-corrected chi connectivity index (χ0v) is 17.2. The molecule has 3 heterocycles. The van der Waals surface area contributed by atoms with Gasteiger partial charge in [-0.3, -0.25) is 19.7 Å². The van der Waals surface area contributed by atoms with E-state index in [-0.39, 0.29) is 24.8 Å². The monoisotopic (exact) mass is 422 g/mol. The topological polar surface area (TPSA) is 95.1 Å². The van der Waals surface area contributed by atoms with E-state index in [0.29, 0.717) is 42.3 Å². The fraction of sp³-hybridized carbons (Fsp3) is 0.318. The Bertz CT molecular complexity index is 1070. The summed E-state index contributed by atoms with van der Waals surface area (Å²) in [6.07, 6.45) is 3.70. The molecule has 0 aliphatic carbocycles. The summed E-state index contributed by atoms with van der Waals surface area (Å²) in [4.78, 5) is 38.0. The molecule has 1 aromatic carbocycles. The van der Waals surface area contributed by atoms with E-state index in [2.05, 4.69) is 20.2 Å². The lowest BCUT2D eigenvalue weighted by Gasteiger charge is -2.30. The van der Waals surface area contributed by atoms with Crippen LogP contribution in [0.1, 0.15) is 40.0 Å². The van der Waals surface area contributed by atoms with Gasteiger partial charge in [0.15, 0.2) is 5.82 Å². The molecule has 8 nitrogen and oxygen atoms in total. The molecular weight excluding hydrogens is 399 g/mol. The minimum atomic E-state index is -0.516. The number of aromatic nitrogens is 4. The molecule has 9 heteroatoms. The van der Waals surface area contributed by atoms with E-state index in [1.165, 1.54) is 6.07 Å². The lowest BCUT2D eigenvalue weighted by Crippen LogP contribution is -2.41. The number of amides is 2. The largest absolute Gasteiger partial charge is 0.340 e. The number of hydrogen-bond acceptors (Lipinski definition) is 5. The van der Waals surface area contributed by atoms with E-state index in [4.69, 9.17) is 0 Å². The summed E-state index contributed by atoms with van der Waals surface area (Å²) in [6, 6.07) is 9.07. The lowest BCUT2D eigenvalue weighted by molar-refractivity contribution is -0.130. The molecule has 0 bridgehead atoms. The smallest absolute Gasteiger partial charge is 0.254 e. The third-order valence-electron chi connectivity index (χ3n) is 5.35. The quantitative estimate of drug-likeness (QED) is 0.696. The molecule has 1 fully saturated rings. The molecule has 0 saturated carbocycles. The lowest BCUT2D eigenvalue weighted by atomic mass is 10.1. The normalized spacial score (nSPS) is 16.8. The molecule has 1 aliphatic heterocycles. The third kappa shape index (κ3) is 4.60. The van der Waals surface area contributed by atoms with Crippen LogP contribution in [0.25, 0.3) is 0 Å². The number of nitrogens with one attached hydrogen (secondary N) is 1. The predicted octanol–water partition coefficient (Wildman–Crippen LogP) is 2.31. The fourth-order valence-electron chi connectivity index (χ4n) is 3.76. The molecule has 1 unspecified atom stereocenters. The first-order chi connectivity index (χ1) is 15.0. The maximum Gasteiger partial charge on any atom is 0.254 e. The van der Waals surface area contributed by atoms with Crippen LogP contribution in [0, 0.1) is 12.7 Å². The third-order valence-corrected chi connectivity index (χ3v) is 5.35. The summed E-state index contributed by atoms with van der Waals surface area (Å²) < 4.78 is 14.0. The summed E-state index contributed by atoms with van der Waals surface area (Å²) >= 11 is 0. The molecule has 160 valence electrons. The van der Waals surface area contributed by atoms with Crippen LogP contribution < -0.4 is 0 Å². The van der Waals surface area contributed by atoms with Crippen molar-refractivity contribution in [2.24, 2.45) is 0 Å². The van der Waals surface area contributed by atoms with E-state index >= 15 is 0 Å². The van der Waals surface area contributed by atoms with Gasteiger partial charge in [-0.25, -0.2) is 9.37 Å². The zero-order valence-electron chi connectivity index (χ0n) is 17.2. The van der Waals surface area contributed by atoms with Gasteiger partial charge in [-0.15, -0.1) is 0 Å². The molecule has 31 heavy (non-hydrogen) atoms. The van der Waals surface area contributed by atoms with Gasteiger partial charge in [-0.1, -0.05) is 18.2 Å². The van der Waals surface area contributed by atoms with Crippen LogP contribution >= 0.6 is 0 Å². The number of carbonyl (C=O) groups is 2. The highest BCUT2D eigenvalue weighted by atomic mass is 19.1. The van der Waals surface area contributed by atoms with Gasteiger partial charge in [0.05, 0.1) is 6.42 Å². The number of H-pyrrole nitrogens is 1. The summed E-state index contributed by atoms with van der Waals surface area (Å²) in [6.45, 7) is 2.93. The number of aryl methyl sites for hydroxylation is 1. The number of pyridine rings is 1. The van der Waals surface area contributed by atoms with Crippen LogP contribution in [0.4, 0.5) is 4.39 Å². The number of carbonyl (C=O) groups excluding carboxylic acids is 2. The number of benzene rings is 1. The fourth-order valence-corrected chi connectivity index (χ4v) is 3.76. The van der Waals surface area contributed by atoms with Gasteiger partial charge in [-0.05, 0) is 37.1 Å². The second-order valence-electron chi connectivity index (χ2n) is 7.49.